The van der Waals surface area contributed by atoms with E-state index in [0.717, 1.165) is 40.5 Å². The minimum Gasteiger partial charge on any atom is -0.318 e. The molecule has 0 spiro atoms. The van der Waals surface area contributed by atoms with Gasteiger partial charge in [-0.25, -0.2) is 0 Å². The number of amides is 2. The molecule has 30 heavy (non-hydrogen) atoms. The fourth-order valence-electron chi connectivity index (χ4n) is 5.23. The molecule has 6 rings (SSSR count). The molecule has 1 aromatic carbocycles. The second-order valence-electron chi connectivity index (χ2n) is 8.33. The highest BCUT2D eigenvalue weighted by atomic mass is 35.5. The fourth-order valence-corrected chi connectivity index (χ4v) is 5.52. The van der Waals surface area contributed by atoms with Gasteiger partial charge in [-0.1, -0.05) is 35.4 Å². The number of rotatable bonds is 3. The molecule has 1 saturated heterocycles. The van der Waals surface area contributed by atoms with Gasteiger partial charge in [0.15, 0.2) is 0 Å². The third-order valence-electron chi connectivity index (χ3n) is 6.68. The summed E-state index contributed by atoms with van der Waals surface area (Å²) in [5, 5.41) is 6.42. The normalized spacial score (nSPS) is 27.5. The number of imide groups is 1. The van der Waals surface area contributed by atoms with E-state index in [9.17, 15) is 9.59 Å². The Kier molecular flexibility index (Phi) is 4.64. The largest absolute Gasteiger partial charge is 0.318 e. The quantitative estimate of drug-likeness (QED) is 0.385. The Morgan fingerprint density at radius 3 is 2.17 bits per heavy atom. The molecule has 0 unspecified atom stereocenters. The molecule has 0 N–H and O–H groups in total. The lowest BCUT2D eigenvalue weighted by molar-refractivity contribution is -0.140. The number of allylic oxidation sites excluding steroid dienone is 2. The molecule has 7 heteroatoms. The van der Waals surface area contributed by atoms with Gasteiger partial charge in [0.2, 0.25) is 0 Å². The zero-order chi connectivity index (χ0) is 21.2. The predicted molar refractivity (Wildman–Crippen MR) is 117 cm³/mol. The van der Waals surface area contributed by atoms with Crippen molar-refractivity contribution in [2.24, 2.45) is 28.8 Å². The number of nitrogens with zero attached hydrogens (tertiary/aromatic N) is 3. The van der Waals surface area contributed by atoms with Crippen LogP contribution in [-0.2, 0) is 9.59 Å². The van der Waals surface area contributed by atoms with Gasteiger partial charge in [0.1, 0.15) is 0 Å². The number of aromatic nitrogens is 1. The molecule has 2 aromatic rings. The van der Waals surface area contributed by atoms with E-state index >= 15 is 0 Å². The van der Waals surface area contributed by atoms with Gasteiger partial charge >= 0.3 is 0 Å². The highest BCUT2D eigenvalue weighted by molar-refractivity contribution is 6.42. The monoisotopic (exact) mass is 441 g/mol. The molecule has 154 valence electrons. The van der Waals surface area contributed by atoms with Crippen molar-refractivity contribution in [2.45, 2.75) is 26.7 Å². The molecule has 2 heterocycles. The van der Waals surface area contributed by atoms with E-state index in [1.807, 2.05) is 36.6 Å². The zero-order valence-corrected chi connectivity index (χ0v) is 18.2. The first-order valence-corrected chi connectivity index (χ1v) is 10.9. The average Bonchev–Trinajstić information content (AvgIpc) is 3.17. The number of carbonyl (C=O) groups is 2. The van der Waals surface area contributed by atoms with Crippen LogP contribution in [-0.4, -0.2) is 27.6 Å². The van der Waals surface area contributed by atoms with Gasteiger partial charge in [0.25, 0.3) is 11.8 Å². The Bertz CT molecular complexity index is 1100. The summed E-state index contributed by atoms with van der Waals surface area (Å²) in [4.78, 5) is 25.9. The average molecular weight is 442 g/mol. The van der Waals surface area contributed by atoms with E-state index in [2.05, 4.69) is 17.3 Å². The predicted octanol–water partition coefficient (Wildman–Crippen LogP) is 4.93. The van der Waals surface area contributed by atoms with E-state index < -0.39 is 0 Å². The number of benzene rings is 1. The SMILES string of the molecule is Cc1cc(/C=N\N2C(=O)[C@@H]3[C@@H](C2=O)[C@H]2C=C[C@H]3CC2)c(C)n1-c1ccc(Cl)c(Cl)c1. The van der Waals surface area contributed by atoms with Crippen LogP contribution >= 0.6 is 23.2 Å². The fraction of sp³-hybridized carbons (Fsp3) is 0.348. The van der Waals surface area contributed by atoms with Crippen molar-refractivity contribution in [1.29, 1.82) is 0 Å². The Hall–Kier alpha value is -2.37. The molecule has 0 radical (unpaired) electrons. The van der Waals surface area contributed by atoms with Crippen molar-refractivity contribution >= 4 is 41.2 Å². The van der Waals surface area contributed by atoms with Crippen molar-refractivity contribution < 1.29 is 9.59 Å². The second kappa shape index (κ2) is 7.10. The third-order valence-corrected chi connectivity index (χ3v) is 7.42. The van der Waals surface area contributed by atoms with E-state index in [1.54, 1.807) is 12.3 Å². The molecule has 1 aliphatic heterocycles. The van der Waals surface area contributed by atoms with Crippen LogP contribution in [0.2, 0.25) is 10.0 Å². The summed E-state index contributed by atoms with van der Waals surface area (Å²) in [6.45, 7) is 3.95. The van der Waals surface area contributed by atoms with Crippen LogP contribution in [0.5, 0.6) is 0 Å². The van der Waals surface area contributed by atoms with Crippen molar-refractivity contribution in [2.75, 3.05) is 0 Å². The highest BCUT2D eigenvalue weighted by Gasteiger charge is 2.56. The molecule has 1 saturated carbocycles. The minimum atomic E-state index is -0.248. The smallest absolute Gasteiger partial charge is 0.254 e. The number of halogens is 2. The number of carbonyl (C=O) groups excluding carboxylic acids is 2. The van der Waals surface area contributed by atoms with Gasteiger partial charge in [-0.15, -0.1) is 0 Å². The molecule has 2 amide bonds. The van der Waals surface area contributed by atoms with Gasteiger partial charge in [-0.2, -0.15) is 10.1 Å². The van der Waals surface area contributed by atoms with E-state index in [-0.39, 0.29) is 35.5 Å². The molecule has 2 bridgehead atoms. The number of aryl methyl sites for hydroxylation is 1. The third kappa shape index (κ3) is 2.87. The van der Waals surface area contributed by atoms with Crippen LogP contribution in [0.3, 0.4) is 0 Å². The maximum atomic E-state index is 12.9. The molecule has 5 nitrogen and oxygen atoms in total. The molecule has 3 aliphatic carbocycles. The lowest BCUT2D eigenvalue weighted by Crippen LogP contribution is -2.38. The topological polar surface area (TPSA) is 54.7 Å². The number of hydrogen-bond donors (Lipinski definition) is 0. The molecular formula is C23H21Cl2N3O2. The summed E-state index contributed by atoms with van der Waals surface area (Å²) < 4.78 is 2.04. The van der Waals surface area contributed by atoms with Crippen molar-refractivity contribution in [1.82, 2.24) is 9.58 Å². The summed E-state index contributed by atoms with van der Waals surface area (Å²) in [6, 6.07) is 7.45. The van der Waals surface area contributed by atoms with Crippen LogP contribution in [0.1, 0.15) is 29.8 Å². The van der Waals surface area contributed by atoms with Crippen molar-refractivity contribution in [3.05, 3.63) is 63.4 Å². The summed E-state index contributed by atoms with van der Waals surface area (Å²) in [5.41, 5.74) is 3.66. The summed E-state index contributed by atoms with van der Waals surface area (Å²) >= 11 is 12.2. The molecule has 2 fully saturated rings. The molecule has 4 atom stereocenters. The first-order chi connectivity index (χ1) is 14.4. The Morgan fingerprint density at radius 1 is 0.967 bits per heavy atom. The standard InChI is InChI=1S/C23H21Cl2N3O2/c1-12-9-16(13(2)27(12)17-7-8-18(24)19(25)10-17)11-26-28-22(29)20-14-3-4-15(6-5-14)21(20)23(28)30/h3-4,7-11,14-15,20-21H,5-6H2,1-2H3/b26-11-/t14-,15-,20-,21-/m0/s1. The summed E-state index contributed by atoms with van der Waals surface area (Å²) in [7, 11) is 0. The van der Waals surface area contributed by atoms with Gasteiger partial charge in [0, 0.05) is 22.6 Å². The lowest BCUT2D eigenvalue weighted by Gasteiger charge is -2.37. The lowest BCUT2D eigenvalue weighted by atomic mass is 9.63. The van der Waals surface area contributed by atoms with Gasteiger partial charge in [0.05, 0.1) is 28.1 Å². The van der Waals surface area contributed by atoms with Crippen LogP contribution in [0, 0.1) is 37.5 Å². The molecule has 4 aliphatic rings. The van der Waals surface area contributed by atoms with E-state index in [1.165, 1.54) is 0 Å². The van der Waals surface area contributed by atoms with Crippen molar-refractivity contribution in [3.8, 4) is 5.69 Å². The minimum absolute atomic E-state index is 0.163. The zero-order valence-electron chi connectivity index (χ0n) is 16.7. The highest BCUT2D eigenvalue weighted by Crippen LogP contribution is 2.49. The van der Waals surface area contributed by atoms with Gasteiger partial charge in [-0.05, 0) is 62.8 Å². The summed E-state index contributed by atoms with van der Waals surface area (Å²) in [5.74, 6) is -0.506. The maximum absolute atomic E-state index is 12.9. The van der Waals surface area contributed by atoms with Crippen LogP contribution in [0.4, 0.5) is 0 Å². The Labute approximate surface area is 184 Å². The van der Waals surface area contributed by atoms with Gasteiger partial charge in [-0.3, -0.25) is 9.59 Å². The number of fused-ring (bicyclic) bond motifs is 1. The second-order valence-corrected chi connectivity index (χ2v) is 9.15. The van der Waals surface area contributed by atoms with Crippen molar-refractivity contribution in [3.63, 3.8) is 0 Å². The van der Waals surface area contributed by atoms with Crippen LogP contribution in [0.15, 0.2) is 41.5 Å². The first-order valence-electron chi connectivity index (χ1n) is 10.1. The van der Waals surface area contributed by atoms with E-state index in [0.29, 0.717) is 10.0 Å². The Morgan fingerprint density at radius 2 is 1.60 bits per heavy atom. The van der Waals surface area contributed by atoms with Gasteiger partial charge < -0.3 is 4.57 Å². The maximum Gasteiger partial charge on any atom is 0.254 e. The van der Waals surface area contributed by atoms with E-state index in [4.69, 9.17) is 23.2 Å². The first kappa shape index (κ1) is 19.6. The Balaban J connectivity index is 1.45. The molecule has 1 aromatic heterocycles. The molecular weight excluding hydrogens is 421 g/mol. The number of hydrogen-bond acceptors (Lipinski definition) is 3. The van der Waals surface area contributed by atoms with Crippen LogP contribution in [0.25, 0.3) is 5.69 Å². The van der Waals surface area contributed by atoms with Crippen LogP contribution < -0.4 is 0 Å². The number of hydrazone groups is 1. The summed E-state index contributed by atoms with van der Waals surface area (Å²) in [6.07, 6.45) is 7.78.